The van der Waals surface area contributed by atoms with Gasteiger partial charge in [-0.15, -0.1) is 0 Å². The molecule has 4 aliphatic rings. The van der Waals surface area contributed by atoms with Gasteiger partial charge in [-0.05, 0) is 19.9 Å². The molecular formula is C35H40N4O14. The number of ketones is 2. The van der Waals surface area contributed by atoms with Gasteiger partial charge in [0.1, 0.15) is 23.4 Å². The van der Waals surface area contributed by atoms with Crippen LogP contribution in [0.15, 0.2) is 34.0 Å². The van der Waals surface area contributed by atoms with E-state index in [1.54, 1.807) is 11.8 Å². The third-order valence-electron chi connectivity index (χ3n) is 10.7. The number of aromatic hydroxyl groups is 2. The maximum atomic E-state index is 14.0. The first kappa shape index (κ1) is 36.8. The van der Waals surface area contributed by atoms with E-state index in [9.17, 15) is 49.8 Å². The summed E-state index contributed by atoms with van der Waals surface area (Å²) in [6.07, 6.45) is -7.60. The van der Waals surface area contributed by atoms with E-state index in [0.29, 0.717) is 0 Å². The number of hydrogen-bond acceptors (Lipinski definition) is 16. The smallest absolute Gasteiger partial charge is 0.347 e. The van der Waals surface area contributed by atoms with Crippen LogP contribution < -0.4 is 16.0 Å². The zero-order valence-corrected chi connectivity index (χ0v) is 29.0. The molecule has 3 aromatic rings. The minimum atomic E-state index is -1.93. The molecule has 2 fully saturated rings. The Bertz CT molecular complexity index is 2080. The van der Waals surface area contributed by atoms with Gasteiger partial charge >= 0.3 is 5.69 Å². The Labute approximate surface area is 300 Å². The van der Waals surface area contributed by atoms with Crippen LogP contribution in [-0.4, -0.2) is 131 Å². The number of benzene rings is 2. The lowest BCUT2D eigenvalue weighted by Gasteiger charge is -2.48. The zero-order valence-electron chi connectivity index (χ0n) is 29.0. The number of nitrogens with one attached hydrogen (secondary N) is 1. The number of aromatic nitrogens is 3. The second-order valence-corrected chi connectivity index (χ2v) is 14.0. The Morgan fingerprint density at radius 2 is 1.81 bits per heavy atom. The highest BCUT2D eigenvalue weighted by Gasteiger charge is 2.50. The number of hydrogen-bond donors (Lipinski definition) is 7. The number of rotatable bonds is 7. The highest BCUT2D eigenvalue weighted by Crippen LogP contribution is 2.53. The van der Waals surface area contributed by atoms with Gasteiger partial charge in [0.05, 0.1) is 66.5 Å². The molecule has 3 heterocycles. The van der Waals surface area contributed by atoms with E-state index < -0.39 is 113 Å². The quantitative estimate of drug-likeness (QED) is 0.112. The maximum Gasteiger partial charge on any atom is 0.347 e. The predicted octanol–water partition coefficient (Wildman–Crippen LogP) is -1.00. The number of nitrogens with zero attached hydrogens (tertiary/aromatic N) is 3. The summed E-state index contributed by atoms with van der Waals surface area (Å²) in [5, 5.41) is 71.1. The fraction of sp³-hybridized carbons (Fsp3) is 0.514. The average molecular weight is 741 g/mol. The topological polar surface area (TPSA) is 263 Å². The van der Waals surface area contributed by atoms with Gasteiger partial charge in [0.2, 0.25) is 5.78 Å². The van der Waals surface area contributed by atoms with Crippen LogP contribution in [0, 0.1) is 0 Å². The second-order valence-electron chi connectivity index (χ2n) is 14.0. The molecule has 9 atom stereocenters. The third-order valence-corrected chi connectivity index (χ3v) is 10.7. The molecule has 2 aliphatic carbocycles. The molecule has 0 amide bonds. The van der Waals surface area contributed by atoms with E-state index >= 15 is 0 Å². The van der Waals surface area contributed by atoms with E-state index in [2.05, 4.69) is 10.1 Å². The van der Waals surface area contributed by atoms with Crippen molar-refractivity contribution in [3.05, 3.63) is 78.6 Å². The lowest BCUT2D eigenvalue weighted by Crippen LogP contribution is -2.61. The van der Waals surface area contributed by atoms with E-state index in [-0.39, 0.29) is 53.9 Å². The highest BCUT2D eigenvalue weighted by atomic mass is 16.7. The fourth-order valence-corrected chi connectivity index (χ4v) is 7.96. The Morgan fingerprint density at radius 1 is 1.08 bits per heavy atom. The van der Waals surface area contributed by atoms with Crippen LogP contribution in [0.25, 0.3) is 0 Å². The monoisotopic (exact) mass is 740 g/mol. The number of carbonyl (C=O) groups is 2. The maximum absolute atomic E-state index is 14.0. The Kier molecular flexibility index (Phi) is 9.52. The molecule has 0 spiro atoms. The Hall–Kier alpha value is -4.53. The van der Waals surface area contributed by atoms with Gasteiger partial charge in [-0.25, -0.2) is 4.79 Å². The van der Waals surface area contributed by atoms with Gasteiger partial charge in [-0.2, -0.15) is 9.78 Å². The summed E-state index contributed by atoms with van der Waals surface area (Å²) in [5.74, 6) is -2.75. The molecule has 284 valence electrons. The molecule has 18 heteroatoms. The molecule has 7 N–H and O–H groups in total. The van der Waals surface area contributed by atoms with Crippen molar-refractivity contribution in [1.29, 1.82) is 0 Å². The lowest BCUT2D eigenvalue weighted by molar-refractivity contribution is -0.268. The van der Waals surface area contributed by atoms with Crippen molar-refractivity contribution in [3.63, 3.8) is 0 Å². The molecule has 2 aliphatic heterocycles. The van der Waals surface area contributed by atoms with Gasteiger partial charge < -0.3 is 49.6 Å². The summed E-state index contributed by atoms with van der Waals surface area (Å²) in [6.45, 7) is 2.60. The van der Waals surface area contributed by atoms with E-state index in [1.807, 2.05) is 0 Å². The first-order valence-electron chi connectivity index (χ1n) is 17.1. The summed E-state index contributed by atoms with van der Waals surface area (Å²) in [7, 11) is 1.32. The van der Waals surface area contributed by atoms with Crippen molar-refractivity contribution in [1.82, 2.24) is 19.7 Å². The number of ether oxygens (including phenoxy) is 4. The van der Waals surface area contributed by atoms with E-state index in [1.165, 1.54) is 32.2 Å². The first-order chi connectivity index (χ1) is 25.2. The number of fused-ring (bicyclic) bond motifs is 3. The molecular weight excluding hydrogens is 700 g/mol. The van der Waals surface area contributed by atoms with E-state index in [4.69, 9.17) is 18.9 Å². The SMILES string of the molecule is COc1cccc2c1C(=O)c1c(O)c3c(c(O)c1C2=O)C[C@@](O)(C(C)O)C[C@@H]3O[C@H]1C[C@H](N2C[C@H](CO)O[C@H](n3ncc(=O)[nH]c3=O)C2)[C@H](O)[C@H](C)O1. The number of phenolic OH excluding ortho intramolecular Hbond substituents is 2. The number of morpholine rings is 1. The van der Waals surface area contributed by atoms with Crippen LogP contribution in [0.3, 0.4) is 0 Å². The molecule has 18 nitrogen and oxygen atoms in total. The summed E-state index contributed by atoms with van der Waals surface area (Å²) in [5.41, 5.74) is -4.73. The zero-order chi connectivity index (χ0) is 38.1. The molecule has 53 heavy (non-hydrogen) atoms. The van der Waals surface area contributed by atoms with Gasteiger partial charge in [-0.3, -0.25) is 24.3 Å². The van der Waals surface area contributed by atoms with Crippen molar-refractivity contribution in [2.24, 2.45) is 0 Å². The minimum absolute atomic E-state index is 0.00741. The predicted molar refractivity (Wildman–Crippen MR) is 179 cm³/mol. The number of carbonyl (C=O) groups excluding carboxylic acids is 2. The number of phenols is 2. The second kappa shape index (κ2) is 13.7. The molecule has 0 bridgehead atoms. The summed E-state index contributed by atoms with van der Waals surface area (Å²) < 4.78 is 24.6. The van der Waals surface area contributed by atoms with Crippen molar-refractivity contribution >= 4 is 11.6 Å². The number of aliphatic hydroxyl groups excluding tert-OH is 3. The van der Waals surface area contributed by atoms with Crippen molar-refractivity contribution < 1.29 is 59.2 Å². The van der Waals surface area contributed by atoms with Crippen LogP contribution in [0.5, 0.6) is 17.2 Å². The van der Waals surface area contributed by atoms with Gasteiger partial charge in [0, 0.05) is 55.1 Å². The molecule has 2 aromatic carbocycles. The summed E-state index contributed by atoms with van der Waals surface area (Å²) >= 11 is 0. The number of H-pyrrole nitrogens is 1. The van der Waals surface area contributed by atoms with Crippen LogP contribution in [-0.2, 0) is 20.6 Å². The number of aromatic amines is 1. The highest BCUT2D eigenvalue weighted by molar-refractivity contribution is 6.31. The van der Waals surface area contributed by atoms with Gasteiger partial charge in [-0.1, -0.05) is 12.1 Å². The van der Waals surface area contributed by atoms with Gasteiger partial charge in [0.25, 0.3) is 5.56 Å². The Balaban J connectivity index is 1.25. The summed E-state index contributed by atoms with van der Waals surface area (Å²) in [4.78, 5) is 55.8. The first-order valence-corrected chi connectivity index (χ1v) is 17.1. The normalized spacial score (nSPS) is 30.7. The summed E-state index contributed by atoms with van der Waals surface area (Å²) in [6, 6.07) is 3.65. The molecule has 2 saturated heterocycles. The third kappa shape index (κ3) is 6.14. The molecule has 7 rings (SSSR count). The number of aliphatic hydroxyl groups is 4. The molecule has 0 radical (unpaired) electrons. The van der Waals surface area contributed by atoms with Crippen LogP contribution >= 0.6 is 0 Å². The van der Waals surface area contributed by atoms with Crippen LogP contribution in [0.4, 0.5) is 0 Å². The minimum Gasteiger partial charge on any atom is -0.507 e. The van der Waals surface area contributed by atoms with Crippen molar-refractivity contribution in [2.75, 3.05) is 26.8 Å². The van der Waals surface area contributed by atoms with Crippen LogP contribution in [0.1, 0.15) is 82.0 Å². The van der Waals surface area contributed by atoms with Gasteiger partial charge in [0.15, 0.2) is 18.3 Å². The standard InChI is InChI=1S/C35H40N4O14/c1-14-29(43)19(38-11-16(13-40)52-23(12-38)39-34(48)37-22(42)10-36-39)7-24(51-14)53-21-9-35(49,15(2)41)8-18-26(21)33(47)28-27(31(18)45)30(44)17-5-4-6-20(50-3)25(17)32(28)46/h4-6,10,14-16,19,21,23-24,29,40-41,43,45,47,49H,7-9,11-13H2,1-3H3,(H,37,42,48)/t14-,15?,16+,19-,21-,23-,24-,29+,35-/m0/s1. The van der Waals surface area contributed by atoms with Crippen molar-refractivity contribution in [3.8, 4) is 17.2 Å². The van der Waals surface area contributed by atoms with Crippen molar-refractivity contribution in [2.45, 2.75) is 87.8 Å². The Morgan fingerprint density at radius 3 is 2.49 bits per heavy atom. The average Bonchev–Trinajstić information content (AvgIpc) is 3.12. The molecule has 1 aromatic heterocycles. The largest absolute Gasteiger partial charge is 0.507 e. The lowest BCUT2D eigenvalue weighted by atomic mass is 9.71. The van der Waals surface area contributed by atoms with E-state index in [0.717, 1.165) is 10.9 Å². The fourth-order valence-electron chi connectivity index (χ4n) is 7.96. The van der Waals surface area contributed by atoms with Crippen LogP contribution in [0.2, 0.25) is 0 Å². The molecule has 1 unspecified atom stereocenters. The number of methoxy groups -OCH3 is 1. The molecule has 0 saturated carbocycles.